The molecule has 1 fully saturated rings. The Morgan fingerprint density at radius 2 is 2.38 bits per heavy atom. The monoisotopic (exact) mass is 182 g/mol. The van der Waals surface area contributed by atoms with Crippen molar-refractivity contribution >= 4 is 5.69 Å². The lowest BCUT2D eigenvalue weighted by Crippen LogP contribution is -2.03. The van der Waals surface area contributed by atoms with Gasteiger partial charge in [0.05, 0.1) is 18.5 Å². The molecule has 0 radical (unpaired) electrons. The number of nitrogen functional groups attached to an aromatic ring is 1. The summed E-state index contributed by atoms with van der Waals surface area (Å²) in [6.45, 7) is 0.642. The Kier molecular flexibility index (Phi) is 2.04. The molecule has 0 spiro atoms. The molecular weight excluding hydrogens is 171 g/mol. The summed E-state index contributed by atoms with van der Waals surface area (Å²) in [7, 11) is 0. The second kappa shape index (κ2) is 3.20. The van der Waals surface area contributed by atoms with Crippen molar-refractivity contribution in [1.29, 1.82) is 0 Å². The number of nitrogens with zero attached hydrogens (tertiary/aromatic N) is 1. The Hall–Kier alpha value is -1.32. The summed E-state index contributed by atoms with van der Waals surface area (Å²) in [5, 5.41) is 0. The molecule has 1 aromatic rings. The number of hydrogen-bond acceptors (Lipinski definition) is 3. The maximum Gasteiger partial charge on any atom is 0.237 e. The molecule has 70 valence electrons. The predicted octanol–water partition coefficient (Wildman–Crippen LogP) is 1.59. The average molecular weight is 182 g/mol. The molecule has 0 atom stereocenters. The minimum absolute atomic E-state index is 0.264. The molecule has 1 aromatic heterocycles. The third-order valence-electron chi connectivity index (χ3n) is 2.00. The topological polar surface area (TPSA) is 48.1 Å². The summed E-state index contributed by atoms with van der Waals surface area (Å²) < 4.78 is 17.9. The fourth-order valence-corrected chi connectivity index (χ4v) is 1.04. The highest BCUT2D eigenvalue weighted by Gasteiger charge is 2.22. The molecule has 3 nitrogen and oxygen atoms in total. The summed E-state index contributed by atoms with van der Waals surface area (Å²) in [4.78, 5) is 3.76. The lowest BCUT2D eigenvalue weighted by molar-refractivity contribution is 0.289. The minimum atomic E-state index is -0.434. The van der Waals surface area contributed by atoms with E-state index in [9.17, 15) is 4.39 Å². The zero-order valence-electron chi connectivity index (χ0n) is 7.16. The van der Waals surface area contributed by atoms with E-state index in [1.165, 1.54) is 18.9 Å². The van der Waals surface area contributed by atoms with Gasteiger partial charge in [0.15, 0.2) is 0 Å². The van der Waals surface area contributed by atoms with E-state index in [2.05, 4.69) is 4.98 Å². The molecule has 0 saturated heterocycles. The van der Waals surface area contributed by atoms with Gasteiger partial charge >= 0.3 is 0 Å². The van der Waals surface area contributed by atoms with Gasteiger partial charge in [0.2, 0.25) is 5.88 Å². The molecular formula is C9H11FN2O. The van der Waals surface area contributed by atoms with Crippen LogP contribution in [-0.2, 0) is 0 Å². The van der Waals surface area contributed by atoms with Gasteiger partial charge in [0.1, 0.15) is 5.82 Å². The molecule has 2 N–H and O–H groups in total. The van der Waals surface area contributed by atoms with Crippen molar-refractivity contribution in [2.75, 3.05) is 12.3 Å². The SMILES string of the molecule is Nc1cc(F)cnc1OCC1CC1. The van der Waals surface area contributed by atoms with Gasteiger partial charge in [-0.25, -0.2) is 9.37 Å². The van der Waals surface area contributed by atoms with Gasteiger partial charge in [0, 0.05) is 6.07 Å². The minimum Gasteiger partial charge on any atom is -0.476 e. The average Bonchev–Trinajstić information content (AvgIpc) is 2.86. The molecule has 1 aliphatic rings. The number of nitrogens with two attached hydrogens (primary N) is 1. The number of aromatic nitrogens is 1. The van der Waals surface area contributed by atoms with Crippen LogP contribution in [0.25, 0.3) is 0 Å². The van der Waals surface area contributed by atoms with Crippen molar-refractivity contribution in [2.45, 2.75) is 12.8 Å². The van der Waals surface area contributed by atoms with Crippen LogP contribution in [0, 0.1) is 11.7 Å². The van der Waals surface area contributed by atoms with Gasteiger partial charge in [-0.1, -0.05) is 0 Å². The van der Waals surface area contributed by atoms with Crippen molar-refractivity contribution in [3.8, 4) is 5.88 Å². The van der Waals surface area contributed by atoms with Crippen molar-refractivity contribution in [3.63, 3.8) is 0 Å². The van der Waals surface area contributed by atoms with E-state index in [4.69, 9.17) is 10.5 Å². The summed E-state index contributed by atoms with van der Waals surface area (Å²) >= 11 is 0. The molecule has 13 heavy (non-hydrogen) atoms. The van der Waals surface area contributed by atoms with E-state index < -0.39 is 5.82 Å². The van der Waals surface area contributed by atoms with E-state index in [0.717, 1.165) is 6.20 Å². The van der Waals surface area contributed by atoms with Crippen LogP contribution in [0.1, 0.15) is 12.8 Å². The number of halogens is 1. The van der Waals surface area contributed by atoms with Crippen molar-refractivity contribution in [3.05, 3.63) is 18.1 Å². The predicted molar refractivity (Wildman–Crippen MR) is 46.8 cm³/mol. The maximum absolute atomic E-state index is 12.6. The molecule has 0 unspecified atom stereocenters. The number of ether oxygens (including phenoxy) is 1. The van der Waals surface area contributed by atoms with Crippen LogP contribution in [0.5, 0.6) is 5.88 Å². The Bertz CT molecular complexity index is 312. The first-order valence-corrected chi connectivity index (χ1v) is 4.29. The number of pyridine rings is 1. The zero-order valence-corrected chi connectivity index (χ0v) is 7.16. The Morgan fingerprint density at radius 1 is 1.62 bits per heavy atom. The van der Waals surface area contributed by atoms with Gasteiger partial charge in [-0.05, 0) is 18.8 Å². The first-order valence-electron chi connectivity index (χ1n) is 4.29. The Labute approximate surface area is 75.7 Å². The number of rotatable bonds is 3. The fraction of sp³-hybridized carbons (Fsp3) is 0.444. The summed E-state index contributed by atoms with van der Waals surface area (Å²) in [5.41, 5.74) is 5.77. The van der Waals surface area contributed by atoms with Crippen LogP contribution >= 0.6 is 0 Å². The normalized spacial score (nSPS) is 15.8. The van der Waals surface area contributed by atoms with Crippen LogP contribution in [0.15, 0.2) is 12.3 Å². The van der Waals surface area contributed by atoms with Crippen molar-refractivity contribution < 1.29 is 9.13 Å². The second-order valence-corrected chi connectivity index (χ2v) is 3.30. The number of anilines is 1. The van der Waals surface area contributed by atoms with E-state index >= 15 is 0 Å². The number of hydrogen-bond donors (Lipinski definition) is 1. The zero-order chi connectivity index (χ0) is 9.26. The quantitative estimate of drug-likeness (QED) is 0.772. The molecule has 0 aromatic carbocycles. The maximum atomic E-state index is 12.6. The van der Waals surface area contributed by atoms with E-state index in [-0.39, 0.29) is 5.69 Å². The third kappa shape index (κ3) is 2.08. The largest absolute Gasteiger partial charge is 0.476 e. The highest BCUT2D eigenvalue weighted by atomic mass is 19.1. The van der Waals surface area contributed by atoms with Crippen LogP contribution in [0.4, 0.5) is 10.1 Å². The first-order chi connectivity index (χ1) is 6.25. The smallest absolute Gasteiger partial charge is 0.237 e. The van der Waals surface area contributed by atoms with E-state index in [0.29, 0.717) is 18.4 Å². The first kappa shape index (κ1) is 8.29. The molecule has 1 aliphatic carbocycles. The van der Waals surface area contributed by atoms with Gasteiger partial charge in [-0.3, -0.25) is 0 Å². The van der Waals surface area contributed by atoms with Crippen LogP contribution in [-0.4, -0.2) is 11.6 Å². The van der Waals surface area contributed by atoms with Gasteiger partial charge in [0.25, 0.3) is 0 Å². The molecule has 0 amide bonds. The van der Waals surface area contributed by atoms with Gasteiger partial charge in [-0.2, -0.15) is 0 Å². The van der Waals surface area contributed by atoms with Crippen LogP contribution in [0.3, 0.4) is 0 Å². The van der Waals surface area contributed by atoms with Crippen molar-refractivity contribution in [2.24, 2.45) is 5.92 Å². The molecule has 2 rings (SSSR count). The molecule has 1 heterocycles. The Morgan fingerprint density at radius 3 is 3.00 bits per heavy atom. The van der Waals surface area contributed by atoms with Crippen LogP contribution in [0.2, 0.25) is 0 Å². The summed E-state index contributed by atoms with van der Waals surface area (Å²) in [6.07, 6.45) is 3.53. The third-order valence-corrected chi connectivity index (χ3v) is 2.00. The Balaban J connectivity index is 2.01. The lowest BCUT2D eigenvalue weighted by atomic mass is 10.4. The summed E-state index contributed by atoms with van der Waals surface area (Å²) in [6, 6.07) is 1.22. The highest BCUT2D eigenvalue weighted by Crippen LogP contribution is 2.30. The summed E-state index contributed by atoms with van der Waals surface area (Å²) in [5.74, 6) is 0.552. The molecule has 1 saturated carbocycles. The van der Waals surface area contributed by atoms with E-state index in [1.807, 2.05) is 0 Å². The van der Waals surface area contributed by atoms with Gasteiger partial charge in [-0.15, -0.1) is 0 Å². The highest BCUT2D eigenvalue weighted by molar-refractivity contribution is 5.47. The molecule has 0 aliphatic heterocycles. The van der Waals surface area contributed by atoms with Crippen molar-refractivity contribution in [1.82, 2.24) is 4.98 Å². The van der Waals surface area contributed by atoms with E-state index in [1.54, 1.807) is 0 Å². The standard InChI is InChI=1S/C9H11FN2O/c10-7-3-8(11)9(12-4-7)13-5-6-1-2-6/h3-4,6H,1-2,5,11H2. The fourth-order valence-electron chi connectivity index (χ4n) is 1.04. The van der Waals surface area contributed by atoms with Gasteiger partial charge < -0.3 is 10.5 Å². The molecule has 4 heteroatoms. The molecule has 0 bridgehead atoms. The van der Waals surface area contributed by atoms with Crippen LogP contribution < -0.4 is 10.5 Å². The lowest BCUT2D eigenvalue weighted by Gasteiger charge is -2.05. The second-order valence-electron chi connectivity index (χ2n) is 3.30.